The van der Waals surface area contributed by atoms with Gasteiger partial charge in [-0.25, -0.2) is 18.2 Å². The molecular formula is C27H24IN5O6S. The van der Waals surface area contributed by atoms with E-state index in [1.165, 1.54) is 50.6 Å². The number of carbonyl (C=O) groups excluding carboxylic acids is 2. The van der Waals surface area contributed by atoms with E-state index in [9.17, 15) is 22.8 Å². The predicted octanol–water partition coefficient (Wildman–Crippen LogP) is 3.96. The second-order valence-electron chi connectivity index (χ2n) is 9.25. The first kappa shape index (κ1) is 27.6. The van der Waals surface area contributed by atoms with Crippen molar-refractivity contribution in [2.45, 2.75) is 23.9 Å². The molecule has 0 spiro atoms. The molecule has 2 aliphatic heterocycles. The van der Waals surface area contributed by atoms with E-state index in [1.54, 1.807) is 37.4 Å². The lowest BCUT2D eigenvalue weighted by Gasteiger charge is -2.27. The molecule has 1 aromatic heterocycles. The molecule has 0 fully saturated rings. The van der Waals surface area contributed by atoms with E-state index in [0.29, 0.717) is 39.8 Å². The largest absolute Gasteiger partial charge is 0.449 e. The normalized spacial score (nSPS) is 16.4. The maximum atomic E-state index is 13.9. The molecule has 3 N–H and O–H groups in total. The van der Waals surface area contributed by atoms with Crippen molar-refractivity contribution in [2.75, 3.05) is 24.3 Å². The van der Waals surface area contributed by atoms with Crippen LogP contribution in [-0.4, -0.2) is 48.9 Å². The van der Waals surface area contributed by atoms with Gasteiger partial charge in [0.25, 0.3) is 5.56 Å². The van der Waals surface area contributed by atoms with Crippen molar-refractivity contribution >= 4 is 62.5 Å². The second kappa shape index (κ2) is 11.3. The van der Waals surface area contributed by atoms with Crippen LogP contribution in [0.25, 0.3) is 10.9 Å². The predicted molar refractivity (Wildman–Crippen MR) is 158 cm³/mol. The zero-order valence-corrected chi connectivity index (χ0v) is 24.2. The summed E-state index contributed by atoms with van der Waals surface area (Å²) in [4.78, 5) is 46.7. The average Bonchev–Trinajstić information content (AvgIpc) is 2.91. The summed E-state index contributed by atoms with van der Waals surface area (Å²) in [6.45, 7) is 0.0693. The first-order valence-electron chi connectivity index (χ1n) is 12.2. The van der Waals surface area contributed by atoms with Crippen LogP contribution >= 0.6 is 21.2 Å². The molecule has 4 bridgehead atoms. The quantitative estimate of drug-likeness (QED) is 0.219. The minimum Gasteiger partial charge on any atom is -0.449 e. The van der Waals surface area contributed by atoms with Gasteiger partial charge in [-0.15, -0.1) is 0 Å². The highest BCUT2D eigenvalue weighted by atomic mass is 127. The average molecular weight is 673 g/mol. The number of halogens is 1. The number of aromatic nitrogens is 2. The summed E-state index contributed by atoms with van der Waals surface area (Å²) in [6, 6.07) is 15.9. The fraction of sp³-hybridized carbons (Fsp3) is 0.185. The Morgan fingerprint density at radius 1 is 1.05 bits per heavy atom. The van der Waals surface area contributed by atoms with Crippen molar-refractivity contribution in [1.29, 1.82) is 0 Å². The lowest BCUT2D eigenvalue weighted by Crippen LogP contribution is -2.35. The van der Waals surface area contributed by atoms with Crippen molar-refractivity contribution in [3.63, 3.8) is 0 Å². The topological polar surface area (TPSA) is 151 Å². The standard InChI is InChI=1S/C27H24IN5O6S/c1-33-14-18-12-19(7-9-23(18)40(28,37)38)32-27(36)39-11-10-16-2-4-17(5-3-16)24(26(33)35)31-20-6-8-22-21(13-20)25(34)30-15-29-22/h2-9,12-13,15,24,31H,10-11,14H2,1H3,(H,32,36)(H,29,30,34). The molecule has 0 radical (unpaired) electrons. The number of fused-ring (bicyclic) bond motifs is 10. The summed E-state index contributed by atoms with van der Waals surface area (Å²) in [5.41, 5.74) is 2.97. The van der Waals surface area contributed by atoms with Crippen LogP contribution in [0.4, 0.5) is 16.2 Å². The van der Waals surface area contributed by atoms with Crippen molar-refractivity contribution in [1.82, 2.24) is 14.9 Å². The Bertz CT molecular complexity index is 1770. The van der Waals surface area contributed by atoms with Crippen molar-refractivity contribution in [2.24, 2.45) is 0 Å². The van der Waals surface area contributed by atoms with Crippen LogP contribution in [0.3, 0.4) is 0 Å². The van der Waals surface area contributed by atoms with Crippen LogP contribution in [0.1, 0.15) is 22.7 Å². The van der Waals surface area contributed by atoms with Crippen molar-refractivity contribution in [3.8, 4) is 0 Å². The van der Waals surface area contributed by atoms with Gasteiger partial charge < -0.3 is 19.9 Å². The van der Waals surface area contributed by atoms with Gasteiger partial charge in [-0.1, -0.05) is 24.3 Å². The molecule has 206 valence electrons. The number of likely N-dealkylation sites (N-methyl/N-ethyl adjacent to an activating group) is 1. The highest BCUT2D eigenvalue weighted by Gasteiger charge is 2.26. The molecule has 13 heteroatoms. The first-order chi connectivity index (χ1) is 19.1. The van der Waals surface area contributed by atoms with E-state index in [0.717, 1.165) is 5.56 Å². The molecule has 3 aromatic carbocycles. The van der Waals surface area contributed by atoms with Crippen LogP contribution in [-0.2, 0) is 29.5 Å². The monoisotopic (exact) mass is 673 g/mol. The van der Waals surface area contributed by atoms with Crippen molar-refractivity contribution < 1.29 is 22.7 Å². The Balaban J connectivity index is 1.56. The number of aromatic amines is 1. The number of H-pyrrole nitrogens is 1. The SMILES string of the molecule is CN1Cc2cc(ccc2S(=O)(=O)I)NC(=O)OCCc2ccc(cc2)C(Nc2ccc3nc[nH]c(=O)c3c2)C1=O. The molecule has 4 aromatic rings. The summed E-state index contributed by atoms with van der Waals surface area (Å²) >= 11 is 1.35. The molecule has 3 heterocycles. The van der Waals surface area contributed by atoms with Crippen LogP contribution in [0.15, 0.2) is 76.7 Å². The third-order valence-electron chi connectivity index (χ3n) is 6.49. The molecular weight excluding hydrogens is 649 g/mol. The molecule has 40 heavy (non-hydrogen) atoms. The van der Waals surface area contributed by atoms with Crippen LogP contribution in [0.5, 0.6) is 0 Å². The number of nitrogens with one attached hydrogen (secondary N) is 3. The van der Waals surface area contributed by atoms with E-state index in [1.807, 2.05) is 12.1 Å². The molecule has 2 aliphatic rings. The molecule has 0 aliphatic carbocycles. The summed E-state index contributed by atoms with van der Waals surface area (Å²) in [6.07, 6.45) is 1.12. The first-order valence-corrected chi connectivity index (χ1v) is 16.2. The van der Waals surface area contributed by atoms with E-state index >= 15 is 0 Å². The molecule has 0 saturated carbocycles. The number of hydrogen-bond donors (Lipinski definition) is 3. The molecule has 0 saturated heterocycles. The summed E-state index contributed by atoms with van der Waals surface area (Å²) in [5, 5.41) is 6.23. The number of nitrogens with zero attached hydrogens (tertiary/aromatic N) is 2. The number of benzene rings is 3. The Kier molecular flexibility index (Phi) is 7.76. The fourth-order valence-corrected chi connectivity index (χ4v) is 6.43. The molecule has 11 nitrogen and oxygen atoms in total. The Morgan fingerprint density at radius 3 is 2.58 bits per heavy atom. The summed E-state index contributed by atoms with van der Waals surface area (Å²) in [5.74, 6) is -0.338. The Morgan fingerprint density at radius 2 is 1.82 bits per heavy atom. The lowest BCUT2D eigenvalue weighted by molar-refractivity contribution is -0.131. The van der Waals surface area contributed by atoms with Gasteiger partial charge in [0.15, 0.2) is 0 Å². The maximum absolute atomic E-state index is 13.9. The highest BCUT2D eigenvalue weighted by Crippen LogP contribution is 2.29. The second-order valence-corrected chi connectivity index (χ2v) is 14.0. The van der Waals surface area contributed by atoms with Crippen molar-refractivity contribution in [3.05, 3.63) is 94.0 Å². The van der Waals surface area contributed by atoms with E-state index in [2.05, 4.69) is 20.6 Å². The Labute approximate surface area is 241 Å². The van der Waals surface area contributed by atoms with E-state index in [-0.39, 0.29) is 29.5 Å². The highest BCUT2D eigenvalue weighted by molar-refractivity contribution is 14.2. The smallest absolute Gasteiger partial charge is 0.411 e. The van der Waals surface area contributed by atoms with Gasteiger partial charge in [-0.05, 0) is 53.1 Å². The molecule has 6 rings (SSSR count). The van der Waals surface area contributed by atoms with Gasteiger partial charge in [0.05, 0.1) is 49.9 Å². The van der Waals surface area contributed by atoms with Gasteiger partial charge in [-0.3, -0.25) is 14.9 Å². The summed E-state index contributed by atoms with van der Waals surface area (Å²) < 4.78 is 30.3. The van der Waals surface area contributed by atoms with E-state index in [4.69, 9.17) is 4.74 Å². The Hall–Kier alpha value is -3.98. The number of rotatable bonds is 3. The number of carbonyl (C=O) groups is 2. The third-order valence-corrected chi connectivity index (χ3v) is 8.84. The van der Waals surface area contributed by atoms with Gasteiger partial charge in [0.1, 0.15) is 6.04 Å². The number of hydrogen-bond acceptors (Lipinski definition) is 8. The molecule has 2 amide bonds. The zero-order valence-electron chi connectivity index (χ0n) is 21.2. The number of ether oxygens (including phenoxy) is 1. The van der Waals surface area contributed by atoms with Gasteiger partial charge in [0.2, 0.25) is 12.9 Å². The van der Waals surface area contributed by atoms with E-state index < -0.39 is 19.1 Å². The van der Waals surface area contributed by atoms with Crippen LogP contribution in [0.2, 0.25) is 0 Å². The van der Waals surface area contributed by atoms with Gasteiger partial charge in [-0.2, -0.15) is 0 Å². The van der Waals surface area contributed by atoms with Gasteiger partial charge in [0, 0.05) is 31.4 Å². The minimum absolute atomic E-state index is 0.0305. The minimum atomic E-state index is -3.66. The fourth-order valence-electron chi connectivity index (χ4n) is 4.48. The number of anilines is 2. The van der Waals surface area contributed by atoms with Gasteiger partial charge >= 0.3 is 6.09 Å². The third kappa shape index (κ3) is 6.09. The molecule has 1 atom stereocenters. The molecule has 1 unspecified atom stereocenters. The van der Waals surface area contributed by atoms with Crippen LogP contribution < -0.4 is 16.2 Å². The maximum Gasteiger partial charge on any atom is 0.411 e. The summed E-state index contributed by atoms with van der Waals surface area (Å²) in [7, 11) is -2.09. The number of amides is 2. The zero-order chi connectivity index (χ0) is 28.4. The van der Waals surface area contributed by atoms with Crippen LogP contribution in [0, 0.1) is 0 Å². The lowest BCUT2D eigenvalue weighted by atomic mass is 10.0.